The third-order valence-electron chi connectivity index (χ3n) is 2.01. The van der Waals surface area contributed by atoms with Crippen LogP contribution in [0.3, 0.4) is 0 Å². The van der Waals surface area contributed by atoms with Gasteiger partial charge < -0.3 is 10.1 Å². The molecule has 0 aliphatic heterocycles. The van der Waals surface area contributed by atoms with E-state index in [-0.39, 0.29) is 11.3 Å². The van der Waals surface area contributed by atoms with Crippen molar-refractivity contribution >= 4 is 17.3 Å². The zero-order valence-corrected chi connectivity index (χ0v) is 10.1. The lowest BCUT2D eigenvalue weighted by atomic mass is 10.2. The maximum absolute atomic E-state index is 8.86. The van der Waals surface area contributed by atoms with Gasteiger partial charge in [-0.15, -0.1) is 0 Å². The lowest BCUT2D eigenvalue weighted by Gasteiger charge is -2.07. The normalized spacial score (nSPS) is 8.39. The molecular weight excluding hydrogens is 252 g/mol. The maximum atomic E-state index is 8.86. The average molecular weight is 259 g/mol. The van der Waals surface area contributed by atoms with Crippen molar-refractivity contribution in [3.8, 4) is 24.0 Å². The fourth-order valence-corrected chi connectivity index (χ4v) is 1.43. The van der Waals surface area contributed by atoms with Crippen molar-refractivity contribution in [3.63, 3.8) is 0 Å². The van der Waals surface area contributed by atoms with Gasteiger partial charge in [0, 0.05) is 5.69 Å². The van der Waals surface area contributed by atoms with E-state index in [0.717, 1.165) is 0 Å². The molecule has 0 aliphatic carbocycles. The molecule has 0 bridgehead atoms. The van der Waals surface area contributed by atoms with Gasteiger partial charge in [-0.2, -0.15) is 15.8 Å². The van der Waals surface area contributed by atoms with Crippen LogP contribution >= 0.6 is 11.6 Å². The summed E-state index contributed by atoms with van der Waals surface area (Å²) in [5.41, 5.74) is 0.0750. The van der Waals surface area contributed by atoms with E-state index in [0.29, 0.717) is 16.5 Å². The summed E-state index contributed by atoms with van der Waals surface area (Å²) in [7, 11) is 1.48. The predicted molar refractivity (Wildman–Crippen MR) is 65.5 cm³/mol. The topological polar surface area (TPSA) is 92.6 Å². The first-order valence-corrected chi connectivity index (χ1v) is 5.09. The average Bonchev–Trinajstić information content (AvgIpc) is 2.39. The van der Waals surface area contributed by atoms with Gasteiger partial charge in [0.1, 0.15) is 29.7 Å². The second-order valence-corrected chi connectivity index (χ2v) is 3.47. The largest absolute Gasteiger partial charge is 0.495 e. The van der Waals surface area contributed by atoms with Gasteiger partial charge in [-0.25, -0.2) is 0 Å². The summed E-state index contributed by atoms with van der Waals surface area (Å²) >= 11 is 5.91. The molecule has 0 aliphatic rings. The highest BCUT2D eigenvalue weighted by atomic mass is 35.5. The molecule has 1 aromatic carbocycles. The molecule has 6 heteroatoms. The molecule has 0 amide bonds. The Bertz CT molecular complexity index is 600. The highest BCUT2D eigenvalue weighted by Gasteiger charge is 2.07. The Hall–Kier alpha value is -2.68. The van der Waals surface area contributed by atoms with Crippen molar-refractivity contribution in [2.75, 3.05) is 12.4 Å². The summed E-state index contributed by atoms with van der Waals surface area (Å²) in [6, 6.07) is 9.78. The molecule has 0 aromatic heterocycles. The number of anilines is 1. The Kier molecular flexibility index (Phi) is 4.58. The van der Waals surface area contributed by atoms with Crippen LogP contribution < -0.4 is 10.1 Å². The Morgan fingerprint density at radius 3 is 2.33 bits per heavy atom. The van der Waals surface area contributed by atoms with Crippen molar-refractivity contribution in [1.82, 2.24) is 0 Å². The van der Waals surface area contributed by atoms with E-state index in [9.17, 15) is 0 Å². The zero-order chi connectivity index (χ0) is 13.5. The van der Waals surface area contributed by atoms with Crippen molar-refractivity contribution in [3.05, 3.63) is 34.5 Å². The number of hydrogen-bond donors (Lipinski definition) is 1. The van der Waals surface area contributed by atoms with Gasteiger partial charge in [0.2, 0.25) is 0 Å². The Balaban J connectivity index is 3.10. The minimum absolute atomic E-state index is 0.124. The monoisotopic (exact) mass is 258 g/mol. The highest BCUT2D eigenvalue weighted by molar-refractivity contribution is 6.32. The lowest BCUT2D eigenvalue weighted by molar-refractivity contribution is 0.415. The van der Waals surface area contributed by atoms with Crippen molar-refractivity contribution < 1.29 is 4.74 Å². The van der Waals surface area contributed by atoms with E-state index in [4.69, 9.17) is 32.1 Å². The number of halogens is 1. The number of nitrogens with zero attached hydrogens (tertiary/aromatic N) is 3. The van der Waals surface area contributed by atoms with Crippen LogP contribution in [-0.4, -0.2) is 7.11 Å². The molecule has 5 nitrogen and oxygen atoms in total. The molecule has 88 valence electrons. The first-order chi connectivity index (χ1) is 8.65. The van der Waals surface area contributed by atoms with Gasteiger partial charge >= 0.3 is 0 Å². The van der Waals surface area contributed by atoms with Gasteiger partial charge in [0.05, 0.1) is 12.1 Å². The second-order valence-electron chi connectivity index (χ2n) is 3.06. The van der Waals surface area contributed by atoms with Crippen LogP contribution in [0, 0.1) is 34.0 Å². The van der Waals surface area contributed by atoms with Crippen LogP contribution in [0.5, 0.6) is 5.75 Å². The summed E-state index contributed by atoms with van der Waals surface area (Å²) in [4.78, 5) is 0. The predicted octanol–water partition coefficient (Wildman–Crippen LogP) is 2.59. The number of allylic oxidation sites excluding steroid dienone is 2. The molecule has 0 atom stereocenters. The molecule has 0 radical (unpaired) electrons. The third-order valence-corrected chi connectivity index (χ3v) is 2.30. The molecular formula is C12H7ClN4O. The smallest absolute Gasteiger partial charge is 0.163 e. The van der Waals surface area contributed by atoms with Crippen molar-refractivity contribution in [2.24, 2.45) is 0 Å². The lowest BCUT2D eigenvalue weighted by Crippen LogP contribution is -2.00. The summed E-state index contributed by atoms with van der Waals surface area (Å²) < 4.78 is 4.98. The molecule has 0 saturated carbocycles. The number of nitrogens with one attached hydrogen (secondary N) is 1. The molecule has 0 fully saturated rings. The van der Waals surface area contributed by atoms with Crippen LogP contribution in [-0.2, 0) is 0 Å². The molecule has 1 aromatic rings. The summed E-state index contributed by atoms with van der Waals surface area (Å²) in [6.07, 6.45) is 0. The third kappa shape index (κ3) is 2.92. The van der Waals surface area contributed by atoms with Crippen LogP contribution in [0.15, 0.2) is 29.5 Å². The Morgan fingerprint density at radius 2 is 1.89 bits per heavy atom. The van der Waals surface area contributed by atoms with E-state index in [1.807, 2.05) is 0 Å². The van der Waals surface area contributed by atoms with Crippen LogP contribution in [0.2, 0.25) is 5.02 Å². The minimum atomic E-state index is -0.288. The fourth-order valence-electron chi connectivity index (χ4n) is 1.17. The van der Waals surface area contributed by atoms with E-state index in [1.54, 1.807) is 30.3 Å². The standard InChI is InChI=1S/C12H7ClN4O/c1-18-12-3-2-9(4-10(12)13)17-11(7-16)8(5-14)6-15/h2-4,17H,1H3. The first-order valence-electron chi connectivity index (χ1n) is 4.71. The number of methoxy groups -OCH3 is 1. The number of hydrogen-bond acceptors (Lipinski definition) is 5. The molecule has 0 saturated heterocycles. The summed E-state index contributed by atoms with van der Waals surface area (Å²) in [5, 5.41) is 29.2. The first kappa shape index (κ1) is 13.4. The van der Waals surface area contributed by atoms with E-state index < -0.39 is 0 Å². The summed E-state index contributed by atoms with van der Waals surface area (Å²) in [5.74, 6) is 0.491. The van der Waals surface area contributed by atoms with E-state index in [2.05, 4.69) is 5.32 Å². The molecule has 1 N–H and O–H groups in total. The molecule has 0 unspecified atom stereocenters. The SMILES string of the molecule is COc1ccc(NC(C#N)=C(C#N)C#N)cc1Cl. The number of ether oxygens (including phenoxy) is 1. The number of rotatable bonds is 3. The van der Waals surface area contributed by atoms with Crippen molar-refractivity contribution in [1.29, 1.82) is 15.8 Å². The molecule has 1 rings (SSSR count). The van der Waals surface area contributed by atoms with Crippen LogP contribution in [0.25, 0.3) is 0 Å². The molecule has 18 heavy (non-hydrogen) atoms. The van der Waals surface area contributed by atoms with Crippen LogP contribution in [0.4, 0.5) is 5.69 Å². The van der Waals surface area contributed by atoms with Crippen LogP contribution in [0.1, 0.15) is 0 Å². The van der Waals surface area contributed by atoms with E-state index >= 15 is 0 Å². The van der Waals surface area contributed by atoms with Gasteiger partial charge in [-0.05, 0) is 18.2 Å². The molecule has 0 heterocycles. The second kappa shape index (κ2) is 6.15. The van der Waals surface area contributed by atoms with Gasteiger partial charge in [0.25, 0.3) is 0 Å². The quantitative estimate of drug-likeness (QED) is 0.841. The number of nitriles is 3. The summed E-state index contributed by atoms with van der Waals surface area (Å²) in [6.45, 7) is 0. The Labute approximate surface area is 109 Å². The van der Waals surface area contributed by atoms with Crippen molar-refractivity contribution in [2.45, 2.75) is 0 Å². The van der Waals surface area contributed by atoms with E-state index in [1.165, 1.54) is 13.2 Å². The minimum Gasteiger partial charge on any atom is -0.495 e. The molecule has 0 spiro atoms. The zero-order valence-electron chi connectivity index (χ0n) is 9.36. The van der Waals surface area contributed by atoms with Gasteiger partial charge in [0.15, 0.2) is 5.57 Å². The highest BCUT2D eigenvalue weighted by Crippen LogP contribution is 2.27. The number of benzene rings is 1. The Morgan fingerprint density at radius 1 is 1.22 bits per heavy atom. The maximum Gasteiger partial charge on any atom is 0.163 e. The fraction of sp³-hybridized carbons (Fsp3) is 0.0833. The van der Waals surface area contributed by atoms with Gasteiger partial charge in [-0.1, -0.05) is 11.6 Å². The van der Waals surface area contributed by atoms with Gasteiger partial charge in [-0.3, -0.25) is 0 Å².